The summed E-state index contributed by atoms with van der Waals surface area (Å²) in [5.41, 5.74) is 0. The van der Waals surface area contributed by atoms with Gasteiger partial charge in [0, 0.05) is 0 Å². The summed E-state index contributed by atoms with van der Waals surface area (Å²) in [6, 6.07) is -2.04. The number of hydrogen-bond donors (Lipinski definition) is 0. The number of fused-ring (bicyclic) bond motifs is 5. The smallest absolute Gasteiger partial charge is 0.327 e. The van der Waals surface area contributed by atoms with Crippen LogP contribution in [0.25, 0.3) is 0 Å². The molecule has 0 N–H and O–H groups in total. The van der Waals surface area contributed by atoms with Gasteiger partial charge in [-0.1, -0.05) is 12.2 Å². The zero-order chi connectivity index (χ0) is 16.5. The number of amides is 2. The molecule has 0 saturated carbocycles. The number of carbonyl (C=O) groups excluding carboxylic acids is 4. The molecule has 0 aromatic rings. The first-order valence-electron chi connectivity index (χ1n) is 7.16. The van der Waals surface area contributed by atoms with Crippen molar-refractivity contribution in [3.63, 3.8) is 0 Å². The quantitative estimate of drug-likeness (QED) is 0.261. The Balaban J connectivity index is 1.63. The molecular weight excluding hydrogens is 308 g/mol. The van der Waals surface area contributed by atoms with Crippen LogP contribution in [0.3, 0.4) is 0 Å². The summed E-state index contributed by atoms with van der Waals surface area (Å²) in [5, 5.41) is 2.04. The van der Waals surface area contributed by atoms with Crippen molar-refractivity contribution < 1.29 is 33.4 Å². The summed E-state index contributed by atoms with van der Waals surface area (Å²) >= 11 is 0. The molecule has 23 heavy (non-hydrogen) atoms. The van der Waals surface area contributed by atoms with Crippen molar-refractivity contribution in [2.45, 2.75) is 24.3 Å². The van der Waals surface area contributed by atoms with Crippen LogP contribution in [0.1, 0.15) is 0 Å². The van der Waals surface area contributed by atoms with Crippen LogP contribution >= 0.6 is 0 Å². The number of rotatable bonds is 3. The predicted molar refractivity (Wildman–Crippen MR) is 70.1 cm³/mol. The molecule has 4 aliphatic heterocycles. The summed E-state index contributed by atoms with van der Waals surface area (Å²) in [5.74, 6) is -3.52. The molecule has 4 rings (SSSR count). The lowest BCUT2D eigenvalue weighted by molar-refractivity contribution is -0.156. The van der Waals surface area contributed by atoms with Gasteiger partial charge in [-0.3, -0.25) is 19.2 Å². The summed E-state index contributed by atoms with van der Waals surface area (Å²) in [6.45, 7) is 0. The molecule has 9 nitrogen and oxygen atoms in total. The van der Waals surface area contributed by atoms with Crippen molar-refractivity contribution in [2.75, 3.05) is 14.2 Å². The molecule has 2 amide bonds. The Bertz CT molecular complexity index is 608. The third kappa shape index (κ3) is 1.68. The van der Waals surface area contributed by atoms with Gasteiger partial charge in [-0.15, -0.1) is 0 Å². The highest BCUT2D eigenvalue weighted by atomic mass is 16.5. The fraction of sp³-hybridized carbons (Fsp3) is 0.571. The monoisotopic (exact) mass is 322 g/mol. The van der Waals surface area contributed by atoms with Gasteiger partial charge in [0.15, 0.2) is 12.1 Å². The lowest BCUT2D eigenvalue weighted by atomic mass is 9.85. The van der Waals surface area contributed by atoms with E-state index in [1.807, 2.05) is 0 Å². The largest absolute Gasteiger partial charge is 0.468 e. The van der Waals surface area contributed by atoms with Crippen LogP contribution < -0.4 is 0 Å². The van der Waals surface area contributed by atoms with Gasteiger partial charge < -0.3 is 14.2 Å². The summed E-state index contributed by atoms with van der Waals surface area (Å²) < 4.78 is 14.8. The van der Waals surface area contributed by atoms with E-state index in [1.165, 1.54) is 14.2 Å². The SMILES string of the molecule is COC(=O)[C@@H]1[C@H](C(=O)OC)N1N1C(=O)[C@@H]2[C@H](C1=O)[C@H]1C=C[C@@H]2O1. The number of imide groups is 1. The average Bonchev–Trinajstić information content (AvgIpc) is 2.86. The number of nitrogens with zero attached hydrogens (tertiary/aromatic N) is 2. The van der Waals surface area contributed by atoms with Crippen molar-refractivity contribution in [2.24, 2.45) is 11.8 Å². The first-order chi connectivity index (χ1) is 11.0. The highest BCUT2D eigenvalue weighted by Gasteiger charge is 2.70. The van der Waals surface area contributed by atoms with Crippen LogP contribution in [-0.2, 0) is 33.4 Å². The van der Waals surface area contributed by atoms with Crippen LogP contribution in [0.15, 0.2) is 12.2 Å². The highest BCUT2D eigenvalue weighted by molar-refractivity contribution is 6.08. The van der Waals surface area contributed by atoms with Gasteiger partial charge in [0.2, 0.25) is 0 Å². The van der Waals surface area contributed by atoms with E-state index in [0.717, 1.165) is 10.0 Å². The highest BCUT2D eigenvalue weighted by Crippen LogP contribution is 2.48. The standard InChI is InChI=1S/C14H14N2O7/c1-21-13(19)9-10(14(20)22-2)15(9)16-11(17)7-5-3-4-6(23-5)8(7)12(16)18/h3-10H,1-2H3/t5-,6+,7-,8+,9-,10+,15?. The van der Waals surface area contributed by atoms with E-state index in [2.05, 4.69) is 9.47 Å². The van der Waals surface area contributed by atoms with Gasteiger partial charge in [-0.2, -0.15) is 5.01 Å². The van der Waals surface area contributed by atoms with Crippen LogP contribution in [0.4, 0.5) is 0 Å². The Labute approximate surface area is 130 Å². The second-order valence-electron chi connectivity index (χ2n) is 5.81. The van der Waals surface area contributed by atoms with Gasteiger partial charge in [-0.05, 0) is 0 Å². The molecule has 0 aromatic carbocycles. The Kier molecular flexibility index (Phi) is 2.88. The van der Waals surface area contributed by atoms with Crippen molar-refractivity contribution in [3.8, 4) is 0 Å². The number of carbonyl (C=O) groups is 4. The van der Waals surface area contributed by atoms with Gasteiger partial charge in [0.1, 0.15) is 0 Å². The van der Waals surface area contributed by atoms with E-state index >= 15 is 0 Å². The lowest BCUT2D eigenvalue weighted by Gasteiger charge is -2.19. The molecule has 4 heterocycles. The minimum absolute atomic E-state index is 0.431. The Hall–Kier alpha value is -2.26. The van der Waals surface area contributed by atoms with E-state index in [1.54, 1.807) is 12.2 Å². The van der Waals surface area contributed by atoms with Gasteiger partial charge in [0.25, 0.3) is 11.8 Å². The van der Waals surface area contributed by atoms with E-state index in [-0.39, 0.29) is 0 Å². The summed E-state index contributed by atoms with van der Waals surface area (Å²) in [7, 11) is 2.35. The molecular formula is C14H14N2O7. The molecule has 0 aliphatic carbocycles. The van der Waals surface area contributed by atoms with Gasteiger partial charge >= 0.3 is 11.9 Å². The van der Waals surface area contributed by atoms with Crippen LogP contribution in [0, 0.1) is 11.8 Å². The van der Waals surface area contributed by atoms with E-state index < -0.39 is 59.9 Å². The first-order valence-corrected chi connectivity index (χ1v) is 7.16. The van der Waals surface area contributed by atoms with Crippen molar-refractivity contribution in [3.05, 3.63) is 12.2 Å². The Morgan fingerprint density at radius 1 is 0.957 bits per heavy atom. The number of esters is 2. The third-order valence-electron chi connectivity index (χ3n) is 4.78. The lowest BCUT2D eigenvalue weighted by Crippen LogP contribution is -2.41. The molecule has 0 spiro atoms. The molecule has 0 radical (unpaired) electrons. The maximum Gasteiger partial charge on any atom is 0.327 e. The van der Waals surface area contributed by atoms with Crippen molar-refractivity contribution >= 4 is 23.8 Å². The second kappa shape index (κ2) is 4.62. The van der Waals surface area contributed by atoms with Crippen molar-refractivity contribution in [1.29, 1.82) is 0 Å². The van der Waals surface area contributed by atoms with Crippen LogP contribution in [0.2, 0.25) is 0 Å². The second-order valence-corrected chi connectivity index (χ2v) is 5.81. The average molecular weight is 322 g/mol. The molecule has 0 aromatic heterocycles. The van der Waals surface area contributed by atoms with E-state index in [4.69, 9.17) is 4.74 Å². The minimum atomic E-state index is -1.02. The van der Waals surface area contributed by atoms with E-state index in [0.29, 0.717) is 0 Å². The predicted octanol–water partition coefficient (Wildman–Crippen LogP) is -1.76. The summed E-state index contributed by atoms with van der Waals surface area (Å²) in [4.78, 5) is 48.9. The molecule has 4 aliphatic rings. The molecule has 9 heteroatoms. The normalized spacial score (nSPS) is 42.9. The van der Waals surface area contributed by atoms with E-state index in [9.17, 15) is 19.2 Å². The van der Waals surface area contributed by atoms with Crippen LogP contribution in [-0.4, -0.2) is 72.3 Å². The maximum atomic E-state index is 12.6. The van der Waals surface area contributed by atoms with Gasteiger partial charge in [-0.25, -0.2) is 5.01 Å². The number of hydrogen-bond acceptors (Lipinski definition) is 8. The number of hydrazine groups is 1. The Morgan fingerprint density at radius 2 is 1.39 bits per heavy atom. The fourth-order valence-electron chi connectivity index (χ4n) is 3.70. The van der Waals surface area contributed by atoms with Gasteiger partial charge in [0.05, 0.1) is 38.3 Å². The number of methoxy groups -OCH3 is 2. The molecule has 7 atom stereocenters. The topological polar surface area (TPSA) is 102 Å². The molecule has 1 unspecified atom stereocenters. The summed E-state index contributed by atoms with van der Waals surface area (Å²) in [6.07, 6.45) is 2.66. The third-order valence-corrected chi connectivity index (χ3v) is 4.78. The molecule has 3 saturated heterocycles. The minimum Gasteiger partial charge on any atom is -0.468 e. The number of ether oxygens (including phenoxy) is 3. The van der Waals surface area contributed by atoms with Crippen LogP contribution in [0.5, 0.6) is 0 Å². The molecule has 122 valence electrons. The zero-order valence-corrected chi connectivity index (χ0v) is 12.4. The van der Waals surface area contributed by atoms with Crippen molar-refractivity contribution in [1.82, 2.24) is 10.0 Å². The zero-order valence-electron chi connectivity index (χ0n) is 12.4. The molecule has 2 bridgehead atoms. The Morgan fingerprint density at radius 3 is 1.78 bits per heavy atom. The fourth-order valence-corrected chi connectivity index (χ4v) is 3.70. The first kappa shape index (κ1) is 14.3. The maximum absolute atomic E-state index is 12.6. The molecule has 3 fully saturated rings.